The molecule has 110 valence electrons. The summed E-state index contributed by atoms with van der Waals surface area (Å²) in [6, 6.07) is 15.4. The van der Waals surface area contributed by atoms with Crippen LogP contribution in [0, 0.1) is 0 Å². The van der Waals surface area contributed by atoms with Crippen LogP contribution in [0.15, 0.2) is 54.7 Å². The molecule has 3 nitrogen and oxygen atoms in total. The Bertz CT molecular complexity index is 864. The Kier molecular flexibility index (Phi) is 4.01. The van der Waals surface area contributed by atoms with Crippen LogP contribution in [0.25, 0.3) is 10.8 Å². The van der Waals surface area contributed by atoms with Gasteiger partial charge in [-0.3, -0.25) is 4.79 Å². The highest BCUT2D eigenvalue weighted by atomic mass is 35.5. The lowest BCUT2D eigenvalue weighted by Crippen LogP contribution is -2.26. The molecular formula is C17H12Cl2N2O. The Morgan fingerprint density at radius 1 is 1.05 bits per heavy atom. The van der Waals surface area contributed by atoms with Gasteiger partial charge in [0.05, 0.1) is 10.6 Å². The molecule has 1 amide bonds. The monoisotopic (exact) mass is 330 g/mol. The van der Waals surface area contributed by atoms with Gasteiger partial charge in [-0.25, -0.2) is 4.98 Å². The molecule has 0 atom stereocenters. The number of benzene rings is 2. The van der Waals surface area contributed by atoms with Crippen molar-refractivity contribution in [2.24, 2.45) is 0 Å². The fraction of sp³-hybridized carbons (Fsp3) is 0.0588. The number of halogens is 2. The van der Waals surface area contributed by atoms with Crippen molar-refractivity contribution in [2.45, 2.75) is 0 Å². The van der Waals surface area contributed by atoms with Crippen molar-refractivity contribution in [1.29, 1.82) is 0 Å². The van der Waals surface area contributed by atoms with E-state index >= 15 is 0 Å². The quantitative estimate of drug-likeness (QED) is 0.631. The van der Waals surface area contributed by atoms with Gasteiger partial charge < -0.3 is 4.90 Å². The second-order valence-corrected chi connectivity index (χ2v) is 5.66. The number of pyridine rings is 1. The molecule has 0 fully saturated rings. The summed E-state index contributed by atoms with van der Waals surface area (Å²) >= 11 is 11.7. The average Bonchev–Trinajstić information content (AvgIpc) is 2.55. The van der Waals surface area contributed by atoms with Gasteiger partial charge in [0.1, 0.15) is 5.15 Å². The Labute approximate surface area is 138 Å². The van der Waals surface area contributed by atoms with E-state index in [0.717, 1.165) is 16.5 Å². The van der Waals surface area contributed by atoms with E-state index in [1.165, 1.54) is 12.3 Å². The molecule has 5 heteroatoms. The first kappa shape index (κ1) is 14.8. The second-order valence-electron chi connectivity index (χ2n) is 4.89. The standard InChI is InChI=1S/C17H12Cl2N2O/c1-21(17(22)13-9-15(18)16(19)20-10-13)14-7-6-11-4-2-3-5-12(11)8-14/h2-10H,1H3. The Morgan fingerprint density at radius 2 is 1.77 bits per heavy atom. The first-order chi connectivity index (χ1) is 10.6. The van der Waals surface area contributed by atoms with Crippen LogP contribution in [0.5, 0.6) is 0 Å². The number of hydrogen-bond acceptors (Lipinski definition) is 2. The summed E-state index contributed by atoms with van der Waals surface area (Å²) in [5, 5.41) is 2.65. The topological polar surface area (TPSA) is 33.2 Å². The highest BCUT2D eigenvalue weighted by Gasteiger charge is 2.15. The molecule has 0 spiro atoms. The van der Waals surface area contributed by atoms with Gasteiger partial charge in [-0.2, -0.15) is 0 Å². The molecule has 0 aliphatic rings. The van der Waals surface area contributed by atoms with E-state index in [0.29, 0.717) is 5.56 Å². The van der Waals surface area contributed by atoms with E-state index in [2.05, 4.69) is 4.98 Å². The maximum absolute atomic E-state index is 12.5. The zero-order valence-electron chi connectivity index (χ0n) is 11.8. The van der Waals surface area contributed by atoms with Crippen LogP contribution in [0.1, 0.15) is 10.4 Å². The molecule has 0 bridgehead atoms. The van der Waals surface area contributed by atoms with Crippen molar-refractivity contribution >= 4 is 45.6 Å². The molecule has 0 radical (unpaired) electrons. The molecule has 0 aliphatic heterocycles. The summed E-state index contributed by atoms with van der Waals surface area (Å²) in [6.07, 6.45) is 1.42. The van der Waals surface area contributed by atoms with Gasteiger partial charge in [-0.15, -0.1) is 0 Å². The number of rotatable bonds is 2. The van der Waals surface area contributed by atoms with Gasteiger partial charge in [0.25, 0.3) is 5.91 Å². The van der Waals surface area contributed by atoms with Gasteiger partial charge in [-0.05, 0) is 29.0 Å². The van der Waals surface area contributed by atoms with E-state index in [1.807, 2.05) is 42.5 Å². The summed E-state index contributed by atoms with van der Waals surface area (Å²) in [7, 11) is 1.72. The van der Waals surface area contributed by atoms with E-state index in [-0.39, 0.29) is 16.1 Å². The smallest absolute Gasteiger partial charge is 0.259 e. The third kappa shape index (κ3) is 2.78. The molecule has 0 saturated heterocycles. The maximum Gasteiger partial charge on any atom is 0.259 e. The molecule has 2 aromatic carbocycles. The lowest BCUT2D eigenvalue weighted by molar-refractivity contribution is 0.0992. The summed E-state index contributed by atoms with van der Waals surface area (Å²) < 4.78 is 0. The van der Waals surface area contributed by atoms with Crippen molar-refractivity contribution in [3.63, 3.8) is 0 Å². The minimum atomic E-state index is -0.193. The van der Waals surface area contributed by atoms with Crippen molar-refractivity contribution in [3.05, 3.63) is 70.5 Å². The van der Waals surface area contributed by atoms with Gasteiger partial charge in [0.2, 0.25) is 0 Å². The van der Waals surface area contributed by atoms with Crippen LogP contribution in [0.2, 0.25) is 10.2 Å². The predicted molar refractivity (Wildman–Crippen MR) is 90.9 cm³/mol. The van der Waals surface area contributed by atoms with E-state index in [4.69, 9.17) is 23.2 Å². The molecule has 0 aliphatic carbocycles. The third-order valence-electron chi connectivity index (χ3n) is 3.47. The van der Waals surface area contributed by atoms with Gasteiger partial charge in [0, 0.05) is 18.9 Å². The van der Waals surface area contributed by atoms with Crippen molar-refractivity contribution in [3.8, 4) is 0 Å². The van der Waals surface area contributed by atoms with E-state index in [1.54, 1.807) is 11.9 Å². The molecule has 3 rings (SSSR count). The summed E-state index contributed by atoms with van der Waals surface area (Å²) in [6.45, 7) is 0. The zero-order chi connectivity index (χ0) is 15.7. The summed E-state index contributed by atoms with van der Waals surface area (Å²) in [5.41, 5.74) is 1.19. The van der Waals surface area contributed by atoms with Crippen LogP contribution in [-0.2, 0) is 0 Å². The Morgan fingerprint density at radius 3 is 2.50 bits per heavy atom. The number of nitrogens with zero attached hydrogens (tertiary/aromatic N) is 2. The number of amides is 1. The highest BCUT2D eigenvalue weighted by Crippen LogP contribution is 2.24. The molecule has 0 unspecified atom stereocenters. The largest absolute Gasteiger partial charge is 0.311 e. The summed E-state index contributed by atoms with van der Waals surface area (Å²) in [5.74, 6) is -0.193. The van der Waals surface area contributed by atoms with Crippen LogP contribution in [0.3, 0.4) is 0 Å². The molecule has 22 heavy (non-hydrogen) atoms. The van der Waals surface area contributed by atoms with Gasteiger partial charge >= 0.3 is 0 Å². The molecular weight excluding hydrogens is 319 g/mol. The van der Waals surface area contributed by atoms with Crippen LogP contribution in [-0.4, -0.2) is 17.9 Å². The lowest BCUT2D eigenvalue weighted by Gasteiger charge is -2.18. The Hall–Kier alpha value is -2.10. The number of carbonyl (C=O) groups is 1. The fourth-order valence-corrected chi connectivity index (χ4v) is 2.50. The van der Waals surface area contributed by atoms with Crippen LogP contribution >= 0.6 is 23.2 Å². The number of hydrogen-bond donors (Lipinski definition) is 0. The van der Waals surface area contributed by atoms with E-state index < -0.39 is 0 Å². The molecule has 0 N–H and O–H groups in total. The SMILES string of the molecule is CN(C(=O)c1cnc(Cl)c(Cl)c1)c1ccc2ccccc2c1. The lowest BCUT2D eigenvalue weighted by atomic mass is 10.1. The molecule has 3 aromatic rings. The fourth-order valence-electron chi connectivity index (χ4n) is 2.23. The van der Waals surface area contributed by atoms with Crippen molar-refractivity contribution < 1.29 is 4.79 Å². The van der Waals surface area contributed by atoms with Gasteiger partial charge in [0.15, 0.2) is 0 Å². The Balaban J connectivity index is 1.95. The first-order valence-corrected chi connectivity index (χ1v) is 7.40. The number of anilines is 1. The maximum atomic E-state index is 12.5. The van der Waals surface area contributed by atoms with Crippen LogP contribution < -0.4 is 4.90 Å². The van der Waals surface area contributed by atoms with Crippen molar-refractivity contribution in [2.75, 3.05) is 11.9 Å². The number of aromatic nitrogens is 1. The average molecular weight is 331 g/mol. The third-order valence-corrected chi connectivity index (χ3v) is 4.15. The minimum Gasteiger partial charge on any atom is -0.311 e. The first-order valence-electron chi connectivity index (χ1n) is 6.64. The van der Waals surface area contributed by atoms with Crippen molar-refractivity contribution in [1.82, 2.24) is 4.98 Å². The highest BCUT2D eigenvalue weighted by molar-refractivity contribution is 6.41. The van der Waals surface area contributed by atoms with E-state index in [9.17, 15) is 4.79 Å². The minimum absolute atomic E-state index is 0.187. The molecule has 1 heterocycles. The van der Waals surface area contributed by atoms with Gasteiger partial charge in [-0.1, -0.05) is 53.5 Å². The van der Waals surface area contributed by atoms with Crippen LogP contribution in [0.4, 0.5) is 5.69 Å². The predicted octanol–water partition coefficient (Wildman–Crippen LogP) is 4.82. The summed E-state index contributed by atoms with van der Waals surface area (Å²) in [4.78, 5) is 18.0. The number of fused-ring (bicyclic) bond motifs is 1. The zero-order valence-corrected chi connectivity index (χ0v) is 13.3. The molecule has 0 saturated carbocycles. The molecule has 1 aromatic heterocycles. The normalized spacial score (nSPS) is 10.7. The second kappa shape index (κ2) is 5.95. The number of carbonyl (C=O) groups excluding carboxylic acids is 1.